The van der Waals surface area contributed by atoms with E-state index in [1.54, 1.807) is 6.92 Å². The van der Waals surface area contributed by atoms with E-state index < -0.39 is 0 Å². The van der Waals surface area contributed by atoms with E-state index in [1.807, 2.05) is 27.7 Å². The molecule has 0 nitrogen and oxygen atoms in total. The Morgan fingerprint density at radius 2 is 0.985 bits per heavy atom. The molecule has 11 rings (SSSR count). The summed E-state index contributed by atoms with van der Waals surface area (Å²) >= 11 is 0. The highest BCUT2D eigenvalue weighted by atomic mass is 14.3. The summed E-state index contributed by atoms with van der Waals surface area (Å²) in [5, 5.41) is 5.27. The normalized spacial score (nSPS) is 11.8. The predicted octanol–water partition coefficient (Wildman–Crippen LogP) is 19.2. The number of hydrogen-bond donors (Lipinski definition) is 0. The maximum atomic E-state index is 4.60. The summed E-state index contributed by atoms with van der Waals surface area (Å²) in [6.07, 6.45) is 14.0. The monoisotopic (exact) mass is 849 g/mol. The second kappa shape index (κ2) is 22.3. The average molecular weight is 849 g/mol. The van der Waals surface area contributed by atoms with Gasteiger partial charge in [-0.2, -0.15) is 0 Å². The molecule has 0 N–H and O–H groups in total. The summed E-state index contributed by atoms with van der Waals surface area (Å²) in [6.45, 7) is 22.9. The van der Waals surface area contributed by atoms with Gasteiger partial charge in [0.2, 0.25) is 0 Å². The van der Waals surface area contributed by atoms with Crippen molar-refractivity contribution in [1.29, 1.82) is 0 Å². The minimum absolute atomic E-state index is 0.999. The fourth-order valence-corrected chi connectivity index (χ4v) is 9.41. The number of rotatable bonds is 3. The van der Waals surface area contributed by atoms with Crippen molar-refractivity contribution >= 4 is 32.7 Å². The Hall–Kier alpha value is -6.68. The van der Waals surface area contributed by atoms with Gasteiger partial charge in [0.15, 0.2) is 0 Å². The summed E-state index contributed by atoms with van der Waals surface area (Å²) in [4.78, 5) is 0. The highest BCUT2D eigenvalue weighted by Crippen LogP contribution is 2.50. The van der Waals surface area contributed by atoms with Gasteiger partial charge in [0.05, 0.1) is 0 Å². The Morgan fingerprint density at radius 1 is 0.462 bits per heavy atom. The molecule has 0 atom stereocenters. The van der Waals surface area contributed by atoms with Gasteiger partial charge in [-0.25, -0.2) is 0 Å². The summed E-state index contributed by atoms with van der Waals surface area (Å²) in [5.74, 6) is 2.25. The van der Waals surface area contributed by atoms with Crippen LogP contribution in [0.1, 0.15) is 119 Å². The Labute approximate surface area is 391 Å². The van der Waals surface area contributed by atoms with E-state index in [0.29, 0.717) is 0 Å². The summed E-state index contributed by atoms with van der Waals surface area (Å²) in [6, 6.07) is 53.8. The van der Waals surface area contributed by atoms with Gasteiger partial charge in [-0.05, 0) is 181 Å². The van der Waals surface area contributed by atoms with Crippen molar-refractivity contribution in [2.45, 2.75) is 102 Å². The lowest BCUT2D eigenvalue weighted by Gasteiger charge is -2.13. The van der Waals surface area contributed by atoms with E-state index in [9.17, 15) is 0 Å². The van der Waals surface area contributed by atoms with E-state index in [1.165, 1.54) is 135 Å². The molecular weight excluding hydrogens is 781 g/mol. The SMILES string of the molecule is C#CC.CC.CC.CC1=CCC=C2c3ccc(-c4c(C)ccc5ccccc45)cc3-c3cccc1c32.CCCC.Cc1cccc2c1Cc1ccc(-c3c(C)ccc4ccccc34)cc1-2. The molecule has 0 radical (unpaired) electrons. The number of allylic oxidation sites excluding steroid dienone is 3. The number of benzene rings is 8. The molecule has 328 valence electrons. The molecule has 0 heterocycles. The Morgan fingerprint density at radius 3 is 1.58 bits per heavy atom. The molecule has 8 aromatic carbocycles. The molecule has 0 amide bonds. The molecule has 0 fully saturated rings. The Kier molecular flexibility index (Phi) is 16.4. The molecule has 0 unspecified atom stereocenters. The third-order valence-corrected chi connectivity index (χ3v) is 12.6. The lowest BCUT2D eigenvalue weighted by molar-refractivity contribution is 0.886. The first kappa shape index (κ1) is 47.8. The number of aryl methyl sites for hydroxylation is 3. The zero-order valence-electron chi connectivity index (χ0n) is 40.9. The van der Waals surface area contributed by atoms with Crippen LogP contribution in [0.25, 0.3) is 77.2 Å². The summed E-state index contributed by atoms with van der Waals surface area (Å²) in [7, 11) is 0. The van der Waals surface area contributed by atoms with Crippen LogP contribution in [-0.2, 0) is 6.42 Å². The van der Waals surface area contributed by atoms with Gasteiger partial charge in [0.1, 0.15) is 0 Å². The predicted molar refractivity (Wildman–Crippen MR) is 290 cm³/mol. The van der Waals surface area contributed by atoms with Crippen LogP contribution in [0.2, 0.25) is 0 Å². The van der Waals surface area contributed by atoms with Crippen LogP contribution < -0.4 is 0 Å². The number of hydrogen-bond acceptors (Lipinski definition) is 0. The first-order valence-electron chi connectivity index (χ1n) is 24.0. The third kappa shape index (κ3) is 9.72. The molecule has 0 aliphatic heterocycles. The maximum Gasteiger partial charge on any atom is -0.00108 e. The van der Waals surface area contributed by atoms with Crippen molar-refractivity contribution in [2.75, 3.05) is 0 Å². The van der Waals surface area contributed by atoms with Crippen LogP contribution in [-0.4, -0.2) is 0 Å². The van der Waals surface area contributed by atoms with Crippen LogP contribution in [0.4, 0.5) is 0 Å². The highest BCUT2D eigenvalue weighted by Gasteiger charge is 2.28. The van der Waals surface area contributed by atoms with Gasteiger partial charge in [0.25, 0.3) is 0 Å². The van der Waals surface area contributed by atoms with Crippen molar-refractivity contribution in [3.05, 3.63) is 202 Å². The van der Waals surface area contributed by atoms with E-state index >= 15 is 0 Å². The lowest BCUT2D eigenvalue weighted by atomic mass is 9.91. The average Bonchev–Trinajstić information content (AvgIpc) is 3.82. The fourth-order valence-electron chi connectivity index (χ4n) is 9.41. The lowest BCUT2D eigenvalue weighted by Crippen LogP contribution is -1.88. The van der Waals surface area contributed by atoms with Crippen molar-refractivity contribution in [3.8, 4) is 56.9 Å². The third-order valence-electron chi connectivity index (χ3n) is 12.6. The fraction of sp³-hybridized carbons (Fsp3) is 0.231. The molecule has 0 spiro atoms. The minimum Gasteiger partial charge on any atom is -0.120 e. The second-order valence-electron chi connectivity index (χ2n) is 16.6. The van der Waals surface area contributed by atoms with Crippen molar-refractivity contribution in [3.63, 3.8) is 0 Å². The first-order chi connectivity index (χ1) is 31.8. The van der Waals surface area contributed by atoms with Crippen LogP contribution in [0, 0.1) is 33.1 Å². The van der Waals surface area contributed by atoms with Crippen LogP contribution >= 0.6 is 0 Å². The molecule has 0 saturated carbocycles. The van der Waals surface area contributed by atoms with Gasteiger partial charge in [-0.15, -0.1) is 12.3 Å². The van der Waals surface area contributed by atoms with Gasteiger partial charge in [-0.1, -0.05) is 200 Å². The van der Waals surface area contributed by atoms with Gasteiger partial charge in [0, 0.05) is 0 Å². The van der Waals surface area contributed by atoms with Crippen molar-refractivity contribution in [2.24, 2.45) is 0 Å². The molecule has 0 saturated heterocycles. The first-order valence-corrected chi connectivity index (χ1v) is 24.0. The topological polar surface area (TPSA) is 0 Å². The van der Waals surface area contributed by atoms with Gasteiger partial charge < -0.3 is 0 Å². The van der Waals surface area contributed by atoms with E-state index in [-0.39, 0.29) is 0 Å². The quantitative estimate of drug-likeness (QED) is 0.155. The molecule has 0 aromatic heterocycles. The zero-order valence-corrected chi connectivity index (χ0v) is 40.9. The van der Waals surface area contributed by atoms with E-state index in [4.69, 9.17) is 0 Å². The number of fused-ring (bicyclic) bond motifs is 8. The second-order valence-corrected chi connectivity index (χ2v) is 16.6. The zero-order chi connectivity index (χ0) is 46.6. The molecule has 3 aliphatic carbocycles. The molecule has 3 aliphatic rings. The minimum atomic E-state index is 0.999. The molecule has 0 heteroatoms. The number of unbranched alkanes of at least 4 members (excludes halogenated alkanes) is 1. The molecule has 8 aromatic rings. The van der Waals surface area contributed by atoms with Crippen molar-refractivity contribution in [1.82, 2.24) is 0 Å². The van der Waals surface area contributed by atoms with E-state index in [0.717, 1.165) is 12.8 Å². The molecule has 0 bridgehead atoms. The Bertz CT molecular complexity index is 3040. The van der Waals surface area contributed by atoms with E-state index in [2.05, 4.69) is 212 Å². The van der Waals surface area contributed by atoms with Gasteiger partial charge >= 0.3 is 0 Å². The number of terminal acetylenes is 1. The Balaban J connectivity index is 0.000000178. The molecular formula is C65H68. The summed E-state index contributed by atoms with van der Waals surface area (Å²) in [5.41, 5.74) is 24.9. The highest BCUT2D eigenvalue weighted by molar-refractivity contribution is 6.07. The van der Waals surface area contributed by atoms with Crippen LogP contribution in [0.5, 0.6) is 0 Å². The van der Waals surface area contributed by atoms with Gasteiger partial charge in [-0.3, -0.25) is 0 Å². The van der Waals surface area contributed by atoms with Crippen LogP contribution in [0.15, 0.2) is 158 Å². The smallest absolute Gasteiger partial charge is 0.00108 e. The summed E-state index contributed by atoms with van der Waals surface area (Å²) < 4.78 is 0. The van der Waals surface area contributed by atoms with Crippen LogP contribution in [0.3, 0.4) is 0 Å². The molecule has 65 heavy (non-hydrogen) atoms. The van der Waals surface area contributed by atoms with Crippen molar-refractivity contribution < 1.29 is 0 Å². The maximum absolute atomic E-state index is 4.60. The largest absolute Gasteiger partial charge is 0.120 e. The standard InChI is InChI=1S/C29H22.C25H20.C4H10.C3H4.2C2H6/c1-18-7-5-11-25-24-16-15-21(17-27(24)26-12-6-10-22(18)29(25)26)28-19(2)13-14-20-8-3-4-9-23(20)28;1-16-6-5-9-22-23(16)14-19-12-13-20(15-24(19)22)25-17(2)10-11-18-7-3-4-8-21(18)25;1-3-4-2;1-3-2;2*1-2/h3-4,6-17H,5H2,1-2H3;3-13,15H,14H2,1-2H3;3-4H2,1-2H3;1H,2H3;2*1-2H3.